The lowest BCUT2D eigenvalue weighted by Crippen LogP contribution is -2.59. The molecule has 2 aromatic carbocycles. The van der Waals surface area contributed by atoms with E-state index in [2.05, 4.69) is 25.8 Å². The van der Waals surface area contributed by atoms with Gasteiger partial charge in [0.2, 0.25) is 17.7 Å². The Kier molecular flexibility index (Phi) is 11.9. The molecule has 3 heterocycles. The fourth-order valence-electron chi connectivity index (χ4n) is 7.76. The number of thiophene rings is 1. The summed E-state index contributed by atoms with van der Waals surface area (Å²) in [5, 5.41) is 23.7. The van der Waals surface area contributed by atoms with Crippen LogP contribution in [0.15, 0.2) is 78.2 Å². The van der Waals surface area contributed by atoms with Crippen molar-refractivity contribution in [3.8, 4) is 10.4 Å². The molecule has 1 saturated carbocycles. The van der Waals surface area contributed by atoms with Crippen molar-refractivity contribution < 1.29 is 24.3 Å². The molecule has 1 saturated heterocycles. The Bertz CT molecular complexity index is 1910. The molecule has 0 bridgehead atoms. The summed E-state index contributed by atoms with van der Waals surface area (Å²) in [7, 11) is 0. The van der Waals surface area contributed by atoms with E-state index in [1.807, 2.05) is 80.7 Å². The highest BCUT2D eigenvalue weighted by Gasteiger charge is 2.42. The minimum atomic E-state index is -1.34. The van der Waals surface area contributed by atoms with Gasteiger partial charge in [0, 0.05) is 28.9 Å². The molecule has 1 aliphatic carbocycles. The molecule has 0 spiro atoms. The second-order valence-electron chi connectivity index (χ2n) is 15.5. The molecule has 12 heteroatoms. The largest absolute Gasteiger partial charge is 0.389 e. The van der Waals surface area contributed by atoms with E-state index in [1.165, 1.54) is 0 Å². The van der Waals surface area contributed by atoms with Crippen molar-refractivity contribution in [1.29, 1.82) is 0 Å². The van der Waals surface area contributed by atoms with E-state index < -0.39 is 53.9 Å². The summed E-state index contributed by atoms with van der Waals surface area (Å²) in [5.41, 5.74) is 7.46. The molecule has 53 heavy (non-hydrogen) atoms. The second kappa shape index (κ2) is 16.6. The van der Waals surface area contributed by atoms with Crippen molar-refractivity contribution in [2.75, 3.05) is 13.1 Å². The van der Waals surface area contributed by atoms with E-state index in [9.17, 15) is 24.3 Å². The maximum absolute atomic E-state index is 14.1. The van der Waals surface area contributed by atoms with Crippen LogP contribution in [0.25, 0.3) is 21.3 Å². The number of pyridine rings is 1. The molecule has 6 atom stereocenters. The number of aliphatic hydroxyl groups is 1. The highest BCUT2D eigenvalue weighted by molar-refractivity contribution is 7.13. The lowest BCUT2D eigenvalue weighted by atomic mass is 9.72. The SMILES string of the molecule is CC(C)(C)NC(=O)[C@@H]1C[C@@H]2CCCC[C@@H]2CN1C[C@@H](O)C(NC(=O)[C@H](CC(N)=O)NC(=O)c1ccc2ccccc2n1)c1ccc(-c2cccs2)cc1. The van der Waals surface area contributed by atoms with Crippen molar-refractivity contribution in [3.63, 3.8) is 0 Å². The van der Waals surface area contributed by atoms with Crippen LogP contribution in [-0.4, -0.2) is 75.4 Å². The number of carbonyl (C=O) groups excluding carboxylic acids is 4. The lowest BCUT2D eigenvalue weighted by molar-refractivity contribution is -0.133. The van der Waals surface area contributed by atoms with E-state index in [0.717, 1.165) is 41.5 Å². The summed E-state index contributed by atoms with van der Waals surface area (Å²) in [6, 6.07) is 19.5. The first-order chi connectivity index (χ1) is 25.3. The van der Waals surface area contributed by atoms with Gasteiger partial charge in [-0.25, -0.2) is 4.98 Å². The van der Waals surface area contributed by atoms with Gasteiger partial charge in [-0.15, -0.1) is 11.3 Å². The number of likely N-dealkylation sites (tertiary alicyclic amines) is 1. The fourth-order valence-corrected chi connectivity index (χ4v) is 8.49. The number of benzene rings is 2. The maximum atomic E-state index is 14.1. The highest BCUT2D eigenvalue weighted by atomic mass is 32.1. The smallest absolute Gasteiger partial charge is 0.270 e. The zero-order chi connectivity index (χ0) is 37.7. The van der Waals surface area contributed by atoms with Gasteiger partial charge in [0.1, 0.15) is 11.7 Å². The minimum Gasteiger partial charge on any atom is -0.389 e. The van der Waals surface area contributed by atoms with Gasteiger partial charge in [-0.1, -0.05) is 73.9 Å². The molecule has 2 aliphatic rings. The molecule has 1 aliphatic heterocycles. The Labute approximate surface area is 314 Å². The molecule has 6 N–H and O–H groups in total. The van der Waals surface area contributed by atoms with Gasteiger partial charge >= 0.3 is 0 Å². The quantitative estimate of drug-likeness (QED) is 0.137. The molecule has 2 aromatic heterocycles. The van der Waals surface area contributed by atoms with Gasteiger partial charge < -0.3 is 26.8 Å². The third-order valence-corrected chi connectivity index (χ3v) is 11.3. The summed E-state index contributed by atoms with van der Waals surface area (Å²) in [4.78, 5) is 61.0. The molecule has 6 rings (SSSR count). The number of hydrogen-bond acceptors (Lipinski definition) is 8. The number of piperidine rings is 1. The fraction of sp³-hybridized carbons (Fsp3) is 0.439. The number of para-hydroxylation sites is 1. The number of carbonyl (C=O) groups is 4. The van der Waals surface area contributed by atoms with E-state index in [1.54, 1.807) is 29.5 Å². The number of nitrogens with two attached hydrogens (primary N) is 1. The van der Waals surface area contributed by atoms with Gasteiger partial charge in [0.05, 0.1) is 30.1 Å². The van der Waals surface area contributed by atoms with Crippen molar-refractivity contribution in [2.45, 2.75) is 89.1 Å². The Hall–Kier alpha value is -4.65. The van der Waals surface area contributed by atoms with Crippen LogP contribution >= 0.6 is 11.3 Å². The average molecular weight is 739 g/mol. The topological polar surface area (TPSA) is 167 Å². The van der Waals surface area contributed by atoms with Crippen molar-refractivity contribution in [1.82, 2.24) is 25.8 Å². The Balaban J connectivity index is 1.27. The minimum absolute atomic E-state index is 0.0684. The predicted octanol–water partition coefficient (Wildman–Crippen LogP) is 4.95. The first-order valence-corrected chi connectivity index (χ1v) is 19.4. The summed E-state index contributed by atoms with van der Waals surface area (Å²) in [6.45, 7) is 6.66. The van der Waals surface area contributed by atoms with E-state index in [4.69, 9.17) is 5.73 Å². The zero-order valence-corrected chi connectivity index (χ0v) is 31.4. The van der Waals surface area contributed by atoms with E-state index >= 15 is 0 Å². The normalized spacial score (nSPS) is 20.8. The number of hydrogen-bond donors (Lipinski definition) is 5. The molecule has 4 amide bonds. The van der Waals surface area contributed by atoms with Crippen molar-refractivity contribution in [3.05, 3.63) is 89.4 Å². The van der Waals surface area contributed by atoms with Crippen LogP contribution in [0.4, 0.5) is 0 Å². The molecule has 1 unspecified atom stereocenters. The van der Waals surface area contributed by atoms with Gasteiger partial charge in [-0.2, -0.15) is 0 Å². The molecule has 2 fully saturated rings. The molecule has 4 aromatic rings. The first-order valence-electron chi connectivity index (χ1n) is 18.5. The average Bonchev–Trinajstić information content (AvgIpc) is 3.67. The first kappa shape index (κ1) is 38.1. The highest BCUT2D eigenvalue weighted by Crippen LogP contribution is 2.39. The zero-order valence-electron chi connectivity index (χ0n) is 30.6. The summed E-state index contributed by atoms with van der Waals surface area (Å²) < 4.78 is 0. The number of aliphatic hydroxyl groups excluding tert-OH is 1. The second-order valence-corrected chi connectivity index (χ2v) is 16.4. The number of aromatic nitrogens is 1. The molecule has 11 nitrogen and oxygen atoms in total. The van der Waals surface area contributed by atoms with Crippen LogP contribution in [0.3, 0.4) is 0 Å². The van der Waals surface area contributed by atoms with Crippen LogP contribution < -0.4 is 21.7 Å². The van der Waals surface area contributed by atoms with Gasteiger partial charge in [0.15, 0.2) is 0 Å². The summed E-state index contributed by atoms with van der Waals surface area (Å²) >= 11 is 1.61. The standard InChI is InChI=1S/C41H50N6O5S/c1-41(2,3)46-40(52)33-21-28-10-4-5-11-29(28)23-47(33)24-34(48)37(27-16-14-26(15-17-27)35-13-8-20-53-35)45-39(51)32(22-36(42)49)44-38(50)31-19-18-25-9-6-7-12-30(25)43-31/h6-9,12-20,28-29,32-34,37,48H,4-5,10-11,21-24H2,1-3H3,(H2,42,49)(H,44,50)(H,45,51)(H,46,52)/t28-,29+,32-,33-,34+,37?/m0/s1. The number of nitrogens with zero attached hydrogens (tertiary/aromatic N) is 2. The van der Waals surface area contributed by atoms with Crippen LogP contribution in [-0.2, 0) is 14.4 Å². The van der Waals surface area contributed by atoms with Crippen LogP contribution in [0.1, 0.15) is 81.4 Å². The van der Waals surface area contributed by atoms with Gasteiger partial charge in [0.25, 0.3) is 5.91 Å². The van der Waals surface area contributed by atoms with Crippen LogP contribution in [0.5, 0.6) is 0 Å². The molecule has 0 radical (unpaired) electrons. The Morgan fingerprint density at radius 3 is 2.38 bits per heavy atom. The monoisotopic (exact) mass is 738 g/mol. The Morgan fingerprint density at radius 2 is 1.68 bits per heavy atom. The molecular formula is C41H50N6O5S. The third kappa shape index (κ3) is 9.67. The molecule has 280 valence electrons. The summed E-state index contributed by atoms with van der Waals surface area (Å²) in [6.07, 6.45) is 3.58. The van der Waals surface area contributed by atoms with Gasteiger partial charge in [-0.05, 0) is 80.2 Å². The van der Waals surface area contributed by atoms with Crippen LogP contribution in [0, 0.1) is 11.8 Å². The van der Waals surface area contributed by atoms with Crippen molar-refractivity contribution >= 4 is 45.9 Å². The van der Waals surface area contributed by atoms with Gasteiger partial charge in [-0.3, -0.25) is 24.1 Å². The number of β-amino-alcohol motifs (C(OH)–C–C–N with tert-alkyl or cyclic N) is 1. The molecular weight excluding hydrogens is 689 g/mol. The lowest BCUT2D eigenvalue weighted by Gasteiger charge is -2.47. The van der Waals surface area contributed by atoms with E-state index in [-0.39, 0.29) is 18.1 Å². The Morgan fingerprint density at radius 1 is 0.943 bits per heavy atom. The number of primary amides is 1. The predicted molar refractivity (Wildman–Crippen MR) is 207 cm³/mol. The van der Waals surface area contributed by atoms with Crippen molar-refractivity contribution in [2.24, 2.45) is 17.6 Å². The number of rotatable bonds is 12. The maximum Gasteiger partial charge on any atom is 0.270 e. The number of amides is 4. The third-order valence-electron chi connectivity index (χ3n) is 10.3. The number of fused-ring (bicyclic) bond motifs is 2. The van der Waals surface area contributed by atoms with E-state index in [0.29, 0.717) is 35.9 Å². The van der Waals surface area contributed by atoms with Crippen LogP contribution in [0.2, 0.25) is 0 Å². The summed E-state index contributed by atoms with van der Waals surface area (Å²) in [5.74, 6) is -1.30. The number of nitrogens with one attached hydrogen (secondary N) is 3.